The summed E-state index contributed by atoms with van der Waals surface area (Å²) in [6.45, 7) is 0.727. The summed E-state index contributed by atoms with van der Waals surface area (Å²) in [5.74, 6) is -0.587. The van der Waals surface area contributed by atoms with Crippen LogP contribution in [0.25, 0.3) is 0 Å². The van der Waals surface area contributed by atoms with Crippen molar-refractivity contribution in [3.8, 4) is 6.07 Å². The number of carbonyl (C=O) groups is 2. The third-order valence-electron chi connectivity index (χ3n) is 3.36. The largest absolute Gasteiger partial charge is 0.468 e. The first kappa shape index (κ1) is 19.3. The summed E-state index contributed by atoms with van der Waals surface area (Å²) in [6, 6.07) is 2.19. The Morgan fingerprint density at radius 3 is 2.67 bits per heavy atom. The van der Waals surface area contributed by atoms with Crippen molar-refractivity contribution < 1.29 is 19.1 Å². The molecule has 2 rings (SSSR count). The van der Waals surface area contributed by atoms with Crippen molar-refractivity contribution in [1.29, 1.82) is 5.26 Å². The number of thioether (sulfide) groups is 1. The first-order valence-electron chi connectivity index (χ1n) is 6.98. The van der Waals surface area contributed by atoms with Gasteiger partial charge in [-0.3, -0.25) is 9.59 Å². The minimum atomic E-state index is -2.47. The van der Waals surface area contributed by atoms with Crippen molar-refractivity contribution in [2.75, 3.05) is 32.3 Å². The van der Waals surface area contributed by atoms with E-state index in [2.05, 4.69) is 20.3 Å². The topological polar surface area (TPSA) is 92.0 Å². The lowest BCUT2D eigenvalue weighted by atomic mass is 10.2. The molecule has 0 N–H and O–H groups in total. The lowest BCUT2D eigenvalue weighted by Gasteiger charge is -2.34. The van der Waals surface area contributed by atoms with Crippen LogP contribution in [0, 0.1) is 11.3 Å². The Morgan fingerprint density at radius 2 is 2.04 bits per heavy atom. The van der Waals surface area contributed by atoms with E-state index in [1.165, 1.54) is 25.6 Å². The number of allylic oxidation sites excluding steroid dienone is 1. The van der Waals surface area contributed by atoms with Crippen LogP contribution in [0.3, 0.4) is 0 Å². The van der Waals surface area contributed by atoms with Crippen molar-refractivity contribution in [2.24, 2.45) is 4.76 Å². The van der Waals surface area contributed by atoms with E-state index in [0.29, 0.717) is 10.6 Å². The Labute approximate surface area is 153 Å². The predicted molar refractivity (Wildman–Crippen MR) is 99.2 cm³/mol. The van der Waals surface area contributed by atoms with E-state index in [4.69, 9.17) is 11.8 Å². The number of nitrogens with zero attached hydrogens (tertiary/aromatic N) is 3. The molecule has 0 bridgehead atoms. The van der Waals surface area contributed by atoms with Crippen LogP contribution in [0.2, 0.25) is 0 Å². The second kappa shape index (κ2) is 8.39. The smallest absolute Gasteiger partial charge is 0.316 e. The molecule has 1 saturated heterocycles. The summed E-state index contributed by atoms with van der Waals surface area (Å²) in [6.07, 6.45) is 1.64. The molecule has 0 aromatic carbocycles. The van der Waals surface area contributed by atoms with Crippen LogP contribution < -0.4 is 0 Å². The van der Waals surface area contributed by atoms with E-state index >= 15 is 0 Å². The minimum Gasteiger partial charge on any atom is -0.468 e. The normalized spacial score (nSPS) is 22.5. The van der Waals surface area contributed by atoms with Crippen LogP contribution in [0.5, 0.6) is 0 Å². The number of methoxy groups -OCH3 is 2. The molecule has 1 fully saturated rings. The number of ether oxygens (including phenoxy) is 2. The summed E-state index contributed by atoms with van der Waals surface area (Å²) < 4.78 is 15.9. The van der Waals surface area contributed by atoms with Crippen LogP contribution in [0.1, 0.15) is 12.8 Å². The maximum Gasteiger partial charge on any atom is 0.316 e. The summed E-state index contributed by atoms with van der Waals surface area (Å²) in [5, 5.41) is 9.98. The fraction of sp³-hybridized carbons (Fsp3) is 0.538. The van der Waals surface area contributed by atoms with Gasteiger partial charge in [-0.2, -0.15) is 5.26 Å². The Hall–Kier alpha value is -1.01. The van der Waals surface area contributed by atoms with Crippen molar-refractivity contribution in [3.05, 3.63) is 11.3 Å². The van der Waals surface area contributed by atoms with E-state index < -0.39 is 11.5 Å². The van der Waals surface area contributed by atoms with Gasteiger partial charge in [0, 0.05) is 12.2 Å². The van der Waals surface area contributed by atoms with Crippen molar-refractivity contribution in [3.63, 3.8) is 0 Å². The van der Waals surface area contributed by atoms with Gasteiger partial charge in [0.15, 0.2) is 5.54 Å². The standard InChI is InChI=1S/C13H16N3O4PS3/c1-19-11(17)7-23-13-9(6-14)10-4-3-5-16(10)21(22,15-13)24-8-12(18)20-2/h3-5,7-8H2,1-2H3/t21-/m1/s1. The monoisotopic (exact) mass is 405 g/mol. The van der Waals surface area contributed by atoms with Crippen LogP contribution >= 0.6 is 28.7 Å². The maximum absolute atomic E-state index is 11.5. The average Bonchev–Trinajstić information content (AvgIpc) is 3.08. The van der Waals surface area contributed by atoms with Crippen molar-refractivity contribution in [2.45, 2.75) is 12.8 Å². The zero-order valence-corrected chi connectivity index (χ0v) is 16.5. The average molecular weight is 405 g/mol. The Bertz CT molecular complexity index is 701. The van der Waals surface area contributed by atoms with Gasteiger partial charge in [-0.1, -0.05) is 23.1 Å². The van der Waals surface area contributed by atoms with E-state index in [1.54, 1.807) is 0 Å². The van der Waals surface area contributed by atoms with Gasteiger partial charge in [0.05, 0.1) is 25.7 Å². The second-order valence-electron chi connectivity index (χ2n) is 4.77. The Balaban J connectivity index is 2.31. The number of carbonyl (C=O) groups excluding carboxylic acids is 2. The Morgan fingerprint density at radius 1 is 1.38 bits per heavy atom. The van der Waals surface area contributed by atoms with Gasteiger partial charge < -0.3 is 14.1 Å². The van der Waals surface area contributed by atoms with E-state index in [9.17, 15) is 14.9 Å². The van der Waals surface area contributed by atoms with Gasteiger partial charge in [0.1, 0.15) is 16.7 Å². The summed E-state index contributed by atoms with van der Waals surface area (Å²) in [7, 11) is 2.64. The van der Waals surface area contributed by atoms with Gasteiger partial charge in [-0.15, -0.1) is 0 Å². The molecule has 2 aliphatic heterocycles. The van der Waals surface area contributed by atoms with Gasteiger partial charge in [0.25, 0.3) is 0 Å². The van der Waals surface area contributed by atoms with E-state index in [-0.39, 0.29) is 17.5 Å². The fourth-order valence-corrected chi connectivity index (χ4v) is 9.19. The van der Waals surface area contributed by atoms with E-state index in [1.807, 2.05) is 4.67 Å². The number of hydrogen-bond donors (Lipinski definition) is 0. The summed E-state index contributed by atoms with van der Waals surface area (Å²) in [5.41, 5.74) is -1.12. The van der Waals surface area contributed by atoms with Gasteiger partial charge in [-0.05, 0) is 24.6 Å². The predicted octanol–water partition coefficient (Wildman–Crippen LogP) is 2.31. The van der Waals surface area contributed by atoms with Gasteiger partial charge >= 0.3 is 11.9 Å². The van der Waals surface area contributed by atoms with Crippen LogP contribution in [0.4, 0.5) is 0 Å². The van der Waals surface area contributed by atoms with Crippen LogP contribution in [-0.2, 0) is 30.9 Å². The zero-order valence-electron chi connectivity index (χ0n) is 13.2. The summed E-state index contributed by atoms with van der Waals surface area (Å²) >= 11 is 8.21. The molecule has 0 spiro atoms. The molecule has 0 aliphatic carbocycles. The quantitative estimate of drug-likeness (QED) is 0.504. The molecule has 24 heavy (non-hydrogen) atoms. The number of esters is 2. The van der Waals surface area contributed by atoms with Crippen molar-refractivity contribution in [1.82, 2.24) is 4.67 Å². The molecule has 0 aromatic heterocycles. The highest BCUT2D eigenvalue weighted by Gasteiger charge is 2.39. The summed E-state index contributed by atoms with van der Waals surface area (Å²) in [4.78, 5) is 22.9. The van der Waals surface area contributed by atoms with Crippen LogP contribution in [0.15, 0.2) is 16.0 Å². The first-order valence-corrected chi connectivity index (χ1v) is 12.3. The van der Waals surface area contributed by atoms with Gasteiger partial charge in [0.2, 0.25) is 0 Å². The zero-order chi connectivity index (χ0) is 17.7. The molecule has 130 valence electrons. The molecule has 0 unspecified atom stereocenters. The molecule has 2 heterocycles. The van der Waals surface area contributed by atoms with Crippen LogP contribution in [-0.4, -0.2) is 53.9 Å². The van der Waals surface area contributed by atoms with Gasteiger partial charge in [-0.25, -0.2) is 4.76 Å². The molecule has 1 atom stereocenters. The number of rotatable bonds is 5. The van der Waals surface area contributed by atoms with E-state index in [0.717, 1.165) is 36.8 Å². The highest BCUT2D eigenvalue weighted by Crippen LogP contribution is 2.68. The highest BCUT2D eigenvalue weighted by molar-refractivity contribution is 8.70. The molecular formula is C13H16N3O4PS3. The molecule has 7 nitrogen and oxygen atoms in total. The molecule has 0 radical (unpaired) electrons. The molecule has 0 saturated carbocycles. The third kappa shape index (κ3) is 4.14. The first-order chi connectivity index (χ1) is 11.4. The lowest BCUT2D eigenvalue weighted by Crippen LogP contribution is -2.21. The maximum atomic E-state index is 11.5. The molecule has 2 aliphatic rings. The Kier molecular flexibility index (Phi) is 6.75. The molecular weight excluding hydrogens is 389 g/mol. The second-order valence-corrected chi connectivity index (χ2v) is 12.5. The third-order valence-corrected chi connectivity index (χ3v) is 10.7. The highest BCUT2D eigenvalue weighted by atomic mass is 32.9. The molecule has 0 aromatic rings. The number of fused-ring (bicyclic) bond motifs is 1. The lowest BCUT2D eigenvalue weighted by molar-refractivity contribution is -0.138. The van der Waals surface area contributed by atoms with Crippen molar-refractivity contribution >= 4 is 57.5 Å². The fourth-order valence-electron chi connectivity index (χ4n) is 2.23. The molecule has 11 heteroatoms. The SMILES string of the molecule is COC(=O)CSC1=N[P@@](=S)(SCC(=O)OC)N2CCCC2=C1C#N. The number of hydrogen-bond acceptors (Lipinski definition) is 8. The minimum absolute atomic E-state index is 0.0603. The molecule has 0 amide bonds. The number of nitriles is 1.